The third-order valence-corrected chi connectivity index (χ3v) is 2.61. The van der Waals surface area contributed by atoms with E-state index in [4.69, 9.17) is 10.5 Å². The van der Waals surface area contributed by atoms with Crippen LogP contribution in [0.25, 0.3) is 0 Å². The molecule has 0 aliphatic rings. The molecule has 1 rings (SSSR count). The number of hydrogen-bond acceptors (Lipinski definition) is 6. The van der Waals surface area contributed by atoms with Crippen LogP contribution in [0.15, 0.2) is 12.1 Å². The van der Waals surface area contributed by atoms with Gasteiger partial charge in [0, 0.05) is 0 Å². The van der Waals surface area contributed by atoms with Crippen molar-refractivity contribution < 1.29 is 24.7 Å². The van der Waals surface area contributed by atoms with Gasteiger partial charge in [0.05, 0.1) is 16.6 Å². The first-order valence-electron chi connectivity index (χ1n) is 5.88. The second-order valence-electron chi connectivity index (χ2n) is 4.71. The molecule has 4 N–H and O–H groups in total. The summed E-state index contributed by atoms with van der Waals surface area (Å²) in [6, 6.07) is 1.81. The van der Waals surface area contributed by atoms with E-state index in [1.807, 2.05) is 13.8 Å². The first-order chi connectivity index (χ1) is 9.22. The van der Waals surface area contributed by atoms with Gasteiger partial charge in [0.25, 0.3) is 5.69 Å². The minimum Gasteiger partial charge on any atom is -0.504 e. The first-order valence-corrected chi connectivity index (χ1v) is 5.88. The summed E-state index contributed by atoms with van der Waals surface area (Å²) in [6.07, 6.45) is -1.76. The SMILES string of the molecule is CC(C)CC(OC(N)=O)c1cc(O)c(O)cc1[N+](=O)[O-]. The predicted molar refractivity (Wildman–Crippen MR) is 69.3 cm³/mol. The number of hydrogen-bond donors (Lipinski definition) is 3. The maximum absolute atomic E-state index is 11.0. The van der Waals surface area contributed by atoms with Crippen LogP contribution in [0.5, 0.6) is 11.5 Å². The number of benzene rings is 1. The largest absolute Gasteiger partial charge is 0.504 e. The molecule has 1 amide bonds. The van der Waals surface area contributed by atoms with Crippen LogP contribution in [0, 0.1) is 16.0 Å². The second kappa shape index (κ2) is 6.09. The summed E-state index contributed by atoms with van der Waals surface area (Å²) in [5.74, 6) is -1.09. The molecular weight excluding hydrogens is 268 g/mol. The zero-order valence-electron chi connectivity index (χ0n) is 11.1. The van der Waals surface area contributed by atoms with Crippen LogP contribution in [0.2, 0.25) is 0 Å². The Kier molecular flexibility index (Phi) is 4.73. The zero-order valence-corrected chi connectivity index (χ0v) is 11.1. The van der Waals surface area contributed by atoms with Crippen molar-refractivity contribution in [2.45, 2.75) is 26.4 Å². The van der Waals surface area contributed by atoms with E-state index in [1.54, 1.807) is 0 Å². The van der Waals surface area contributed by atoms with Gasteiger partial charge < -0.3 is 20.7 Å². The molecule has 1 aromatic rings. The van der Waals surface area contributed by atoms with Crippen molar-refractivity contribution >= 4 is 11.8 Å². The number of nitro groups is 1. The Morgan fingerprint density at radius 3 is 2.40 bits per heavy atom. The predicted octanol–water partition coefficient (Wildman–Crippen LogP) is 2.19. The number of aromatic hydroxyl groups is 2. The van der Waals surface area contributed by atoms with Crippen molar-refractivity contribution in [1.82, 2.24) is 0 Å². The highest BCUT2D eigenvalue weighted by Gasteiger charge is 2.27. The van der Waals surface area contributed by atoms with Crippen LogP contribution in [-0.4, -0.2) is 21.2 Å². The Morgan fingerprint density at radius 1 is 1.40 bits per heavy atom. The lowest BCUT2D eigenvalue weighted by atomic mass is 9.97. The Bertz CT molecular complexity index is 529. The summed E-state index contributed by atoms with van der Waals surface area (Å²) in [5, 5.41) is 29.8. The highest BCUT2D eigenvalue weighted by molar-refractivity contribution is 5.65. The van der Waals surface area contributed by atoms with E-state index in [9.17, 15) is 25.1 Å². The maximum Gasteiger partial charge on any atom is 0.405 e. The van der Waals surface area contributed by atoms with E-state index >= 15 is 0 Å². The van der Waals surface area contributed by atoms with E-state index in [-0.39, 0.29) is 17.9 Å². The minimum atomic E-state index is -1.07. The summed E-state index contributed by atoms with van der Waals surface area (Å²) >= 11 is 0. The van der Waals surface area contributed by atoms with E-state index in [2.05, 4.69) is 0 Å². The van der Waals surface area contributed by atoms with Gasteiger partial charge in [-0.05, 0) is 18.4 Å². The van der Waals surface area contributed by atoms with Crippen molar-refractivity contribution in [1.29, 1.82) is 0 Å². The second-order valence-corrected chi connectivity index (χ2v) is 4.71. The molecule has 0 spiro atoms. The van der Waals surface area contributed by atoms with Crippen molar-refractivity contribution in [2.75, 3.05) is 0 Å². The summed E-state index contributed by atoms with van der Waals surface area (Å²) < 4.78 is 4.87. The van der Waals surface area contributed by atoms with Gasteiger partial charge in [0.15, 0.2) is 11.5 Å². The standard InChI is InChI=1S/C12H16N2O6/c1-6(2)3-11(20-12(13)17)7-4-9(15)10(16)5-8(7)14(18)19/h4-6,11,15-16H,3H2,1-2H3,(H2,13,17). The first kappa shape index (κ1) is 15.5. The van der Waals surface area contributed by atoms with Crippen molar-refractivity contribution in [3.8, 4) is 11.5 Å². The van der Waals surface area contributed by atoms with Crippen molar-refractivity contribution in [3.63, 3.8) is 0 Å². The average Bonchev–Trinajstić information content (AvgIpc) is 2.29. The van der Waals surface area contributed by atoms with Gasteiger partial charge >= 0.3 is 6.09 Å². The van der Waals surface area contributed by atoms with Gasteiger partial charge in [-0.3, -0.25) is 10.1 Å². The van der Waals surface area contributed by atoms with Crippen molar-refractivity contribution in [2.24, 2.45) is 11.7 Å². The third-order valence-electron chi connectivity index (χ3n) is 2.61. The number of rotatable bonds is 5. The van der Waals surface area contributed by atoms with Gasteiger partial charge in [0.1, 0.15) is 6.10 Å². The number of nitrogens with two attached hydrogens (primary N) is 1. The summed E-state index contributed by atoms with van der Waals surface area (Å²) in [7, 11) is 0. The molecule has 1 atom stereocenters. The molecule has 1 aromatic carbocycles. The molecular formula is C12H16N2O6. The third kappa shape index (κ3) is 3.74. The number of phenols is 2. The monoisotopic (exact) mass is 284 g/mol. The molecule has 0 heterocycles. The minimum absolute atomic E-state index is 0.0159. The van der Waals surface area contributed by atoms with Gasteiger partial charge in [-0.15, -0.1) is 0 Å². The van der Waals surface area contributed by atoms with Gasteiger partial charge in [-0.25, -0.2) is 4.79 Å². The lowest BCUT2D eigenvalue weighted by molar-refractivity contribution is -0.386. The molecule has 0 radical (unpaired) electrons. The number of nitrogens with zero attached hydrogens (tertiary/aromatic N) is 1. The normalized spacial score (nSPS) is 12.2. The fourth-order valence-electron chi connectivity index (χ4n) is 1.80. The fourth-order valence-corrected chi connectivity index (χ4v) is 1.80. The van der Waals surface area contributed by atoms with Crippen molar-refractivity contribution in [3.05, 3.63) is 27.8 Å². The van der Waals surface area contributed by atoms with Crippen LogP contribution in [0.4, 0.5) is 10.5 Å². The maximum atomic E-state index is 11.0. The zero-order chi connectivity index (χ0) is 15.4. The van der Waals surface area contributed by atoms with Gasteiger partial charge in [0.2, 0.25) is 0 Å². The highest BCUT2D eigenvalue weighted by Crippen LogP contribution is 2.39. The number of carbonyl (C=O) groups excluding carboxylic acids is 1. The molecule has 0 saturated heterocycles. The van der Waals surface area contributed by atoms with Crippen LogP contribution in [0.1, 0.15) is 31.9 Å². The topological polar surface area (TPSA) is 136 Å². The summed E-state index contributed by atoms with van der Waals surface area (Å²) in [6.45, 7) is 3.67. The van der Waals surface area contributed by atoms with Crippen LogP contribution >= 0.6 is 0 Å². The molecule has 0 aliphatic heterocycles. The van der Waals surface area contributed by atoms with E-state index in [1.165, 1.54) is 0 Å². The van der Waals surface area contributed by atoms with Crippen LogP contribution in [0.3, 0.4) is 0 Å². The quantitative estimate of drug-likeness (QED) is 0.430. The molecule has 1 unspecified atom stereocenters. The number of carbonyl (C=O) groups is 1. The Labute approximate surface area is 114 Å². The van der Waals surface area contributed by atoms with Crippen LogP contribution < -0.4 is 5.73 Å². The highest BCUT2D eigenvalue weighted by atomic mass is 16.6. The Morgan fingerprint density at radius 2 is 1.95 bits per heavy atom. The van der Waals surface area contributed by atoms with Gasteiger partial charge in [-0.1, -0.05) is 13.8 Å². The van der Waals surface area contributed by atoms with E-state index in [0.717, 1.165) is 12.1 Å². The molecule has 20 heavy (non-hydrogen) atoms. The molecule has 0 aromatic heterocycles. The summed E-state index contributed by atoms with van der Waals surface area (Å²) in [5.41, 5.74) is 4.49. The number of phenolic OH excluding ortho intramolecular Hbond substituents is 2. The Hall–Kier alpha value is -2.51. The average molecular weight is 284 g/mol. The lowest BCUT2D eigenvalue weighted by Crippen LogP contribution is -2.19. The fraction of sp³-hybridized carbons (Fsp3) is 0.417. The number of amides is 1. The van der Waals surface area contributed by atoms with E-state index < -0.39 is 34.3 Å². The van der Waals surface area contributed by atoms with Crippen LogP contribution in [-0.2, 0) is 4.74 Å². The Balaban J connectivity index is 3.33. The number of primary amides is 1. The molecule has 0 bridgehead atoms. The molecule has 0 saturated carbocycles. The molecule has 110 valence electrons. The molecule has 0 aliphatic carbocycles. The molecule has 0 fully saturated rings. The van der Waals surface area contributed by atoms with Gasteiger partial charge in [-0.2, -0.15) is 0 Å². The van der Waals surface area contributed by atoms with E-state index in [0.29, 0.717) is 0 Å². The molecule has 8 heteroatoms. The molecule has 8 nitrogen and oxygen atoms in total. The number of nitro benzene ring substituents is 1. The summed E-state index contributed by atoms with van der Waals surface area (Å²) in [4.78, 5) is 21.2. The number of ether oxygens (including phenoxy) is 1. The smallest absolute Gasteiger partial charge is 0.405 e. The lowest BCUT2D eigenvalue weighted by Gasteiger charge is -2.19.